The number of hydrogen-bond acceptors (Lipinski definition) is 13. The van der Waals surface area contributed by atoms with Crippen molar-refractivity contribution in [3.63, 3.8) is 0 Å². The largest absolute Gasteiger partial charge is 0.463 e. The summed E-state index contributed by atoms with van der Waals surface area (Å²) < 4.78 is 27.6. The molecule has 0 saturated heterocycles. The summed E-state index contributed by atoms with van der Waals surface area (Å²) in [7, 11) is 0. The van der Waals surface area contributed by atoms with Gasteiger partial charge in [0.1, 0.15) is 0 Å². The van der Waals surface area contributed by atoms with Crippen LogP contribution in [0.1, 0.15) is 58.7 Å². The molecule has 1 aliphatic heterocycles. The maximum absolute atomic E-state index is 14.0. The maximum Gasteiger partial charge on any atom is 0.338 e. The van der Waals surface area contributed by atoms with Crippen molar-refractivity contribution in [1.82, 2.24) is 4.57 Å². The number of carbonyl (C=O) groups is 5. The van der Waals surface area contributed by atoms with Crippen LogP contribution in [-0.4, -0.2) is 41.0 Å². The zero-order chi connectivity index (χ0) is 33.0. The van der Waals surface area contributed by atoms with Gasteiger partial charge in [-0.3, -0.25) is 28.5 Å². The maximum atomic E-state index is 14.0. The smallest absolute Gasteiger partial charge is 0.338 e. The summed E-state index contributed by atoms with van der Waals surface area (Å²) >= 11 is 1.04. The Balaban J connectivity index is 1.93. The van der Waals surface area contributed by atoms with Gasteiger partial charge in [-0.1, -0.05) is 23.5 Å². The zero-order valence-corrected chi connectivity index (χ0v) is 25.9. The molecule has 0 aliphatic carbocycles. The minimum atomic E-state index is -1.06. The van der Waals surface area contributed by atoms with Gasteiger partial charge in [-0.2, -0.15) is 0 Å². The number of allylic oxidation sites excluding steroid dienone is 1. The van der Waals surface area contributed by atoms with E-state index in [-0.39, 0.29) is 44.5 Å². The first-order valence-electron chi connectivity index (χ1n) is 13.5. The molecule has 45 heavy (non-hydrogen) atoms. The minimum absolute atomic E-state index is 0.0202. The molecule has 1 aliphatic rings. The number of hydrogen-bond donors (Lipinski definition) is 0. The van der Waals surface area contributed by atoms with Crippen molar-refractivity contribution < 1.29 is 47.7 Å². The average Bonchev–Trinajstić information content (AvgIpc) is 3.23. The van der Waals surface area contributed by atoms with Crippen LogP contribution in [0.4, 0.5) is 0 Å². The molecular formula is C31H28N2O11S. The molecular weight excluding hydrogens is 608 g/mol. The Morgan fingerprint density at radius 1 is 0.822 bits per heavy atom. The van der Waals surface area contributed by atoms with E-state index in [0.29, 0.717) is 16.8 Å². The number of rotatable bonds is 8. The van der Waals surface area contributed by atoms with Crippen LogP contribution in [0.3, 0.4) is 0 Å². The molecule has 3 aromatic rings. The Hall–Kier alpha value is -5.37. The van der Waals surface area contributed by atoms with E-state index in [4.69, 9.17) is 23.7 Å². The Kier molecular flexibility index (Phi) is 9.77. The minimum Gasteiger partial charge on any atom is -0.463 e. The second kappa shape index (κ2) is 13.5. The molecule has 0 fully saturated rings. The Morgan fingerprint density at radius 2 is 1.36 bits per heavy atom. The zero-order valence-electron chi connectivity index (χ0n) is 25.1. The summed E-state index contributed by atoms with van der Waals surface area (Å²) in [5.74, 6) is -3.43. The SMILES string of the molecule is CCOC(=O)C1=C(C)N=c2s/c(=C\c3ccc(OC(C)=O)c(OC(C)=O)c3)c(=O)n2C1c1ccc(OC(C)=O)c(OC(C)=O)c1. The van der Waals surface area contributed by atoms with E-state index in [1.165, 1.54) is 68.7 Å². The van der Waals surface area contributed by atoms with Gasteiger partial charge in [-0.25, -0.2) is 9.79 Å². The first-order chi connectivity index (χ1) is 21.3. The number of fused-ring (bicyclic) bond motifs is 1. The van der Waals surface area contributed by atoms with Crippen LogP contribution in [0.2, 0.25) is 0 Å². The van der Waals surface area contributed by atoms with Crippen molar-refractivity contribution in [2.45, 2.75) is 47.6 Å². The van der Waals surface area contributed by atoms with Crippen LogP contribution >= 0.6 is 11.3 Å². The monoisotopic (exact) mass is 636 g/mol. The van der Waals surface area contributed by atoms with Crippen molar-refractivity contribution in [2.24, 2.45) is 4.99 Å². The van der Waals surface area contributed by atoms with Crippen LogP contribution in [0.15, 0.2) is 57.5 Å². The lowest BCUT2D eigenvalue weighted by Gasteiger charge is -2.25. The number of nitrogens with zero attached hydrogens (tertiary/aromatic N) is 2. The Morgan fingerprint density at radius 3 is 1.91 bits per heavy atom. The van der Waals surface area contributed by atoms with Gasteiger partial charge in [0.15, 0.2) is 27.8 Å². The van der Waals surface area contributed by atoms with E-state index in [9.17, 15) is 28.8 Å². The van der Waals surface area contributed by atoms with Crippen LogP contribution < -0.4 is 33.8 Å². The van der Waals surface area contributed by atoms with Crippen LogP contribution in [0.25, 0.3) is 6.08 Å². The quantitative estimate of drug-likeness (QED) is 0.263. The number of esters is 5. The molecule has 0 radical (unpaired) electrons. The number of carbonyl (C=O) groups excluding carboxylic acids is 5. The molecule has 234 valence electrons. The number of thiazole rings is 1. The van der Waals surface area contributed by atoms with Crippen molar-refractivity contribution in [3.05, 3.63) is 78.5 Å². The predicted octanol–water partition coefficient (Wildman–Crippen LogP) is 2.50. The lowest BCUT2D eigenvalue weighted by molar-refractivity contribution is -0.139. The van der Waals surface area contributed by atoms with E-state index in [1.54, 1.807) is 19.9 Å². The molecule has 14 heteroatoms. The molecule has 1 unspecified atom stereocenters. The summed E-state index contributed by atoms with van der Waals surface area (Å²) in [5, 5.41) is 0. The summed E-state index contributed by atoms with van der Waals surface area (Å²) in [5.41, 5.74) is 0.636. The highest BCUT2D eigenvalue weighted by molar-refractivity contribution is 7.07. The standard InChI is InChI=1S/C31H28N2O11S/c1-7-40-30(39)27-15(2)32-31-33(28(27)21-9-11-23(42-17(4)35)25(14-21)44-19(6)37)29(38)26(45-31)13-20-8-10-22(41-16(3)34)24(12-20)43-18(5)36/h8-14,28H,7H2,1-6H3/b26-13-. The highest BCUT2D eigenvalue weighted by atomic mass is 32.1. The molecule has 2 aromatic carbocycles. The highest BCUT2D eigenvalue weighted by Gasteiger charge is 2.34. The first kappa shape index (κ1) is 32.5. The molecule has 0 bridgehead atoms. The molecule has 0 spiro atoms. The first-order valence-corrected chi connectivity index (χ1v) is 14.3. The van der Waals surface area contributed by atoms with Gasteiger partial charge in [0.2, 0.25) is 0 Å². The number of benzene rings is 2. The van der Waals surface area contributed by atoms with Crippen molar-refractivity contribution in [1.29, 1.82) is 0 Å². The topological polar surface area (TPSA) is 166 Å². The summed E-state index contributed by atoms with van der Waals surface area (Å²) in [6, 6.07) is 7.69. The fourth-order valence-corrected chi connectivity index (χ4v) is 5.56. The highest BCUT2D eigenvalue weighted by Crippen LogP contribution is 2.36. The van der Waals surface area contributed by atoms with Gasteiger partial charge >= 0.3 is 29.8 Å². The fourth-order valence-electron chi connectivity index (χ4n) is 4.52. The molecule has 4 rings (SSSR count). The van der Waals surface area contributed by atoms with Crippen molar-refractivity contribution in [3.8, 4) is 23.0 Å². The van der Waals surface area contributed by atoms with Crippen LogP contribution in [0, 0.1) is 0 Å². The van der Waals surface area contributed by atoms with Crippen LogP contribution in [-0.2, 0) is 28.7 Å². The Labute approximate surface area is 260 Å². The van der Waals surface area contributed by atoms with Gasteiger partial charge in [-0.05, 0) is 55.3 Å². The molecule has 1 aromatic heterocycles. The van der Waals surface area contributed by atoms with Crippen molar-refractivity contribution >= 4 is 47.3 Å². The summed E-state index contributed by atoms with van der Waals surface area (Å²) in [6.07, 6.45) is 1.53. The van der Waals surface area contributed by atoms with E-state index in [1.807, 2.05) is 0 Å². The summed E-state index contributed by atoms with van der Waals surface area (Å²) in [6.45, 7) is 8.06. The average molecular weight is 637 g/mol. The van der Waals surface area contributed by atoms with Gasteiger partial charge in [0, 0.05) is 27.7 Å². The second-order valence-corrected chi connectivity index (χ2v) is 10.6. The normalized spacial score (nSPS) is 14.2. The molecule has 1 atom stereocenters. The number of ether oxygens (including phenoxy) is 5. The molecule has 13 nitrogen and oxygen atoms in total. The number of aromatic nitrogens is 1. The van der Waals surface area contributed by atoms with E-state index >= 15 is 0 Å². The second-order valence-electron chi connectivity index (χ2n) is 9.59. The molecule has 0 amide bonds. The van der Waals surface area contributed by atoms with Gasteiger partial charge < -0.3 is 23.7 Å². The van der Waals surface area contributed by atoms with Crippen LogP contribution in [0.5, 0.6) is 23.0 Å². The van der Waals surface area contributed by atoms with E-state index in [0.717, 1.165) is 11.3 Å². The summed E-state index contributed by atoms with van der Waals surface area (Å²) in [4.78, 5) is 78.7. The van der Waals surface area contributed by atoms with E-state index < -0.39 is 41.4 Å². The van der Waals surface area contributed by atoms with Gasteiger partial charge in [-0.15, -0.1) is 0 Å². The third-order valence-corrected chi connectivity index (χ3v) is 7.06. The third-order valence-electron chi connectivity index (χ3n) is 6.08. The fraction of sp³-hybridized carbons (Fsp3) is 0.258. The Bertz CT molecular complexity index is 1950. The van der Waals surface area contributed by atoms with Crippen molar-refractivity contribution in [2.75, 3.05) is 6.61 Å². The lowest BCUT2D eigenvalue weighted by Crippen LogP contribution is -2.40. The molecule has 2 heterocycles. The van der Waals surface area contributed by atoms with Gasteiger partial charge in [0.25, 0.3) is 5.56 Å². The van der Waals surface area contributed by atoms with E-state index in [2.05, 4.69) is 4.99 Å². The lowest BCUT2D eigenvalue weighted by atomic mass is 9.95. The third kappa shape index (κ3) is 7.41. The van der Waals surface area contributed by atoms with Gasteiger partial charge in [0.05, 0.1) is 28.5 Å². The predicted molar refractivity (Wildman–Crippen MR) is 159 cm³/mol. The molecule has 0 N–H and O–H groups in total. The molecule has 0 saturated carbocycles.